The number of aliphatic hydroxyl groups excluding tert-OH is 1. The van der Waals surface area contributed by atoms with E-state index in [2.05, 4.69) is 14.7 Å². The number of carbonyl (C=O) groups is 1. The van der Waals surface area contributed by atoms with Crippen molar-refractivity contribution in [2.75, 3.05) is 7.11 Å². The Morgan fingerprint density at radius 1 is 1.23 bits per heavy atom. The van der Waals surface area contributed by atoms with E-state index in [0.717, 1.165) is 11.1 Å². The molecule has 1 N–H and O–H groups in total. The molecule has 0 aliphatic rings. The Balaban J connectivity index is 2.29. The van der Waals surface area contributed by atoms with Crippen LogP contribution in [0.5, 0.6) is 0 Å². The van der Waals surface area contributed by atoms with Crippen LogP contribution in [0.3, 0.4) is 0 Å². The molecule has 2 aromatic rings. The van der Waals surface area contributed by atoms with Crippen LogP contribution in [0.1, 0.15) is 6.92 Å². The molecule has 5 heteroatoms. The Labute approximate surface area is 128 Å². The van der Waals surface area contributed by atoms with Crippen LogP contribution in [0.2, 0.25) is 0 Å². The summed E-state index contributed by atoms with van der Waals surface area (Å²) in [4.78, 5) is 19.7. The smallest absolute Gasteiger partial charge is 0.342 e. The number of aromatic nitrogens is 1. The third-order valence-electron chi connectivity index (χ3n) is 3.00. The summed E-state index contributed by atoms with van der Waals surface area (Å²) in [5.74, 6) is -0.769. The Hall–Kier alpha value is -2.95. The molecular formula is C17H16N2O3. The second-order valence-electron chi connectivity index (χ2n) is 4.54. The van der Waals surface area contributed by atoms with Crippen molar-refractivity contribution < 1.29 is 14.6 Å². The molecule has 22 heavy (non-hydrogen) atoms. The van der Waals surface area contributed by atoms with Crippen molar-refractivity contribution in [2.45, 2.75) is 6.92 Å². The minimum absolute atomic E-state index is 0.0248. The van der Waals surface area contributed by atoms with Gasteiger partial charge in [-0.25, -0.2) is 4.79 Å². The van der Waals surface area contributed by atoms with Crippen LogP contribution in [-0.2, 0) is 9.53 Å². The van der Waals surface area contributed by atoms with Crippen LogP contribution in [0.25, 0.3) is 11.1 Å². The number of benzene rings is 1. The van der Waals surface area contributed by atoms with Crippen molar-refractivity contribution >= 4 is 17.9 Å². The summed E-state index contributed by atoms with van der Waals surface area (Å²) in [5, 5.41) is 9.50. The lowest BCUT2D eigenvalue weighted by Gasteiger charge is -2.03. The minimum Gasteiger partial charge on any atom is -0.512 e. The molecule has 0 atom stereocenters. The zero-order valence-electron chi connectivity index (χ0n) is 12.4. The first-order valence-electron chi connectivity index (χ1n) is 6.64. The highest BCUT2D eigenvalue weighted by atomic mass is 16.5. The molecule has 0 radical (unpaired) electrons. The maximum atomic E-state index is 11.5. The Kier molecular flexibility index (Phi) is 5.03. The topological polar surface area (TPSA) is 71.8 Å². The summed E-state index contributed by atoms with van der Waals surface area (Å²) < 4.78 is 4.60. The van der Waals surface area contributed by atoms with Gasteiger partial charge >= 0.3 is 5.97 Å². The molecule has 0 aliphatic heterocycles. The lowest BCUT2D eigenvalue weighted by molar-refractivity contribution is -0.135. The van der Waals surface area contributed by atoms with E-state index in [-0.39, 0.29) is 11.3 Å². The molecule has 112 valence electrons. The summed E-state index contributed by atoms with van der Waals surface area (Å²) in [6, 6.07) is 11.3. The standard InChI is InChI=1S/C17H16N2O3/c1-12(20)16(17(21)22-2)11-19-15-5-3-4-14(10-15)13-6-8-18-9-7-13/h3-11,20H,1-2H3. The van der Waals surface area contributed by atoms with Gasteiger partial charge in [0.15, 0.2) is 0 Å². The van der Waals surface area contributed by atoms with Crippen molar-refractivity contribution in [3.05, 3.63) is 60.1 Å². The van der Waals surface area contributed by atoms with Crippen LogP contribution in [0.15, 0.2) is 65.1 Å². The number of methoxy groups -OCH3 is 1. The molecule has 0 saturated heterocycles. The normalized spacial score (nSPS) is 12.1. The molecule has 0 aliphatic carbocycles. The van der Waals surface area contributed by atoms with Gasteiger partial charge < -0.3 is 9.84 Å². The predicted molar refractivity (Wildman–Crippen MR) is 85.2 cm³/mol. The molecule has 0 unspecified atom stereocenters. The fraction of sp³-hybridized carbons (Fsp3) is 0.118. The highest BCUT2D eigenvalue weighted by Crippen LogP contribution is 2.23. The third-order valence-corrected chi connectivity index (χ3v) is 3.00. The van der Waals surface area contributed by atoms with E-state index in [1.165, 1.54) is 20.2 Å². The average Bonchev–Trinajstić information content (AvgIpc) is 2.55. The molecule has 2 rings (SSSR count). The van der Waals surface area contributed by atoms with E-state index in [1.54, 1.807) is 12.4 Å². The van der Waals surface area contributed by atoms with Crippen LogP contribution in [-0.4, -0.2) is 29.4 Å². The summed E-state index contributed by atoms with van der Waals surface area (Å²) in [5.41, 5.74) is 2.70. The van der Waals surface area contributed by atoms with Gasteiger partial charge in [-0.05, 0) is 42.3 Å². The number of allylic oxidation sites excluding steroid dienone is 1. The SMILES string of the molecule is COC(=O)C(C=Nc1cccc(-c2ccncc2)c1)=C(C)O. The zero-order chi connectivity index (χ0) is 15.9. The Morgan fingerprint density at radius 3 is 2.59 bits per heavy atom. The lowest BCUT2D eigenvalue weighted by atomic mass is 10.1. The summed E-state index contributed by atoms with van der Waals surface area (Å²) in [7, 11) is 1.25. The van der Waals surface area contributed by atoms with E-state index in [0.29, 0.717) is 5.69 Å². The van der Waals surface area contributed by atoms with E-state index in [4.69, 9.17) is 0 Å². The largest absolute Gasteiger partial charge is 0.512 e. The van der Waals surface area contributed by atoms with E-state index >= 15 is 0 Å². The molecular weight excluding hydrogens is 280 g/mol. The fourth-order valence-electron chi connectivity index (χ4n) is 1.85. The Bertz CT molecular complexity index is 718. The summed E-state index contributed by atoms with van der Waals surface area (Å²) >= 11 is 0. The molecule has 1 heterocycles. The number of hydrogen-bond acceptors (Lipinski definition) is 5. The van der Waals surface area contributed by atoms with Gasteiger partial charge in [-0.15, -0.1) is 0 Å². The van der Waals surface area contributed by atoms with Crippen molar-refractivity contribution in [3.63, 3.8) is 0 Å². The maximum absolute atomic E-state index is 11.5. The molecule has 0 fully saturated rings. The van der Waals surface area contributed by atoms with Crippen LogP contribution in [0, 0.1) is 0 Å². The van der Waals surface area contributed by atoms with Gasteiger partial charge in [0.05, 0.1) is 12.8 Å². The highest BCUT2D eigenvalue weighted by molar-refractivity contribution is 6.10. The van der Waals surface area contributed by atoms with Crippen LogP contribution < -0.4 is 0 Å². The number of carbonyl (C=O) groups excluding carboxylic acids is 1. The van der Waals surface area contributed by atoms with E-state index < -0.39 is 5.97 Å². The van der Waals surface area contributed by atoms with Crippen molar-refractivity contribution in [2.24, 2.45) is 4.99 Å². The average molecular weight is 296 g/mol. The van der Waals surface area contributed by atoms with Crippen LogP contribution >= 0.6 is 0 Å². The number of ether oxygens (including phenoxy) is 1. The van der Waals surface area contributed by atoms with Crippen LogP contribution in [0.4, 0.5) is 5.69 Å². The second kappa shape index (κ2) is 7.17. The molecule has 0 saturated carbocycles. The molecule has 0 bridgehead atoms. The molecule has 0 spiro atoms. The van der Waals surface area contributed by atoms with Gasteiger partial charge in [0.25, 0.3) is 0 Å². The lowest BCUT2D eigenvalue weighted by Crippen LogP contribution is -2.08. The number of aliphatic hydroxyl groups is 1. The van der Waals surface area contributed by atoms with Gasteiger partial charge in [-0.3, -0.25) is 9.98 Å². The van der Waals surface area contributed by atoms with Crippen molar-refractivity contribution in [3.8, 4) is 11.1 Å². The molecule has 0 amide bonds. The number of pyridine rings is 1. The second-order valence-corrected chi connectivity index (χ2v) is 4.54. The number of rotatable bonds is 4. The zero-order valence-corrected chi connectivity index (χ0v) is 12.4. The first-order valence-corrected chi connectivity index (χ1v) is 6.64. The Morgan fingerprint density at radius 2 is 1.95 bits per heavy atom. The monoisotopic (exact) mass is 296 g/mol. The molecule has 5 nitrogen and oxygen atoms in total. The van der Waals surface area contributed by atoms with E-state index in [9.17, 15) is 9.90 Å². The maximum Gasteiger partial charge on any atom is 0.342 e. The van der Waals surface area contributed by atoms with Gasteiger partial charge in [0.2, 0.25) is 0 Å². The van der Waals surface area contributed by atoms with E-state index in [1.807, 2.05) is 36.4 Å². The van der Waals surface area contributed by atoms with Crippen molar-refractivity contribution in [1.82, 2.24) is 4.98 Å². The summed E-state index contributed by atoms with van der Waals surface area (Å²) in [6.07, 6.45) is 4.74. The first kappa shape index (κ1) is 15.4. The minimum atomic E-state index is -0.631. The summed E-state index contributed by atoms with van der Waals surface area (Å²) in [6.45, 7) is 1.41. The fourth-order valence-corrected chi connectivity index (χ4v) is 1.85. The van der Waals surface area contributed by atoms with Gasteiger partial charge in [-0.1, -0.05) is 12.1 Å². The molecule has 1 aromatic heterocycles. The third kappa shape index (κ3) is 3.79. The van der Waals surface area contributed by atoms with Gasteiger partial charge in [0, 0.05) is 18.6 Å². The number of aliphatic imine (C=N–C) groups is 1. The first-order chi connectivity index (χ1) is 10.6. The van der Waals surface area contributed by atoms with Crippen molar-refractivity contribution in [1.29, 1.82) is 0 Å². The number of hydrogen-bond donors (Lipinski definition) is 1. The van der Waals surface area contributed by atoms with Gasteiger partial charge in [0.1, 0.15) is 11.3 Å². The van der Waals surface area contributed by atoms with Gasteiger partial charge in [-0.2, -0.15) is 0 Å². The molecule has 1 aromatic carbocycles. The highest BCUT2D eigenvalue weighted by Gasteiger charge is 2.10. The quantitative estimate of drug-likeness (QED) is 0.406. The number of nitrogens with zero attached hydrogens (tertiary/aromatic N) is 2. The number of esters is 1. The predicted octanol–water partition coefficient (Wildman–Crippen LogP) is 3.46.